The third kappa shape index (κ3) is 3.53. The highest BCUT2D eigenvalue weighted by atomic mass is 79.9. The molecular weight excluding hydrogens is 296 g/mol. The lowest BCUT2D eigenvalue weighted by atomic mass is 9.83. The molecule has 1 aromatic rings. The van der Waals surface area contributed by atoms with Crippen molar-refractivity contribution in [2.24, 2.45) is 5.41 Å². The lowest BCUT2D eigenvalue weighted by molar-refractivity contribution is 0.0850. The summed E-state index contributed by atoms with van der Waals surface area (Å²) in [6, 6.07) is 3.43. The zero-order chi connectivity index (χ0) is 13.6. The number of hydrogen-bond donors (Lipinski definition) is 2. The Bertz CT molecular complexity index is 397. The maximum atomic E-state index is 12.0. The topological polar surface area (TPSA) is 62.2 Å². The number of rotatable bonds is 6. The van der Waals surface area contributed by atoms with Crippen molar-refractivity contribution in [1.82, 2.24) is 10.3 Å². The molecule has 0 aliphatic carbocycles. The average Bonchev–Trinajstić information content (AvgIpc) is 2.41. The molecule has 1 rings (SSSR count). The quantitative estimate of drug-likeness (QED) is 0.792. The molecule has 0 saturated carbocycles. The van der Waals surface area contributed by atoms with Crippen molar-refractivity contribution < 1.29 is 9.90 Å². The fourth-order valence-corrected chi connectivity index (χ4v) is 2.13. The molecule has 2 N–H and O–H groups in total. The number of hydrogen-bond acceptors (Lipinski definition) is 3. The minimum absolute atomic E-state index is 0.0779. The van der Waals surface area contributed by atoms with Crippen LogP contribution in [0.4, 0.5) is 0 Å². The minimum atomic E-state index is -0.232. The molecule has 1 heterocycles. The Labute approximate surface area is 116 Å². The zero-order valence-electron chi connectivity index (χ0n) is 10.7. The van der Waals surface area contributed by atoms with Gasteiger partial charge in [0.05, 0.1) is 12.2 Å². The van der Waals surface area contributed by atoms with Gasteiger partial charge in [0.25, 0.3) is 5.91 Å². The Kier molecular flexibility index (Phi) is 5.75. The fourth-order valence-electron chi connectivity index (χ4n) is 1.70. The summed E-state index contributed by atoms with van der Waals surface area (Å²) in [5, 5.41) is 12.3. The highest BCUT2D eigenvalue weighted by molar-refractivity contribution is 9.10. The van der Waals surface area contributed by atoms with Gasteiger partial charge in [-0.2, -0.15) is 0 Å². The van der Waals surface area contributed by atoms with Gasteiger partial charge in [0, 0.05) is 18.2 Å². The Morgan fingerprint density at radius 3 is 2.67 bits per heavy atom. The maximum absolute atomic E-state index is 12.0. The van der Waals surface area contributed by atoms with Gasteiger partial charge < -0.3 is 10.4 Å². The summed E-state index contributed by atoms with van der Waals surface area (Å²) in [6.07, 6.45) is 3.28. The summed E-state index contributed by atoms with van der Waals surface area (Å²) in [6.45, 7) is 4.59. The summed E-state index contributed by atoms with van der Waals surface area (Å²) in [5.74, 6) is -0.172. The molecule has 5 heteroatoms. The van der Waals surface area contributed by atoms with Crippen molar-refractivity contribution in [2.45, 2.75) is 26.7 Å². The fraction of sp³-hybridized carbons (Fsp3) is 0.538. The van der Waals surface area contributed by atoms with Crippen LogP contribution < -0.4 is 5.32 Å². The van der Waals surface area contributed by atoms with Crippen molar-refractivity contribution >= 4 is 21.8 Å². The highest BCUT2D eigenvalue weighted by Gasteiger charge is 2.26. The highest BCUT2D eigenvalue weighted by Crippen LogP contribution is 2.24. The molecule has 18 heavy (non-hydrogen) atoms. The number of halogens is 1. The van der Waals surface area contributed by atoms with Crippen molar-refractivity contribution in [3.63, 3.8) is 0 Å². The van der Waals surface area contributed by atoms with Gasteiger partial charge in [-0.05, 0) is 40.9 Å². The first-order valence-electron chi connectivity index (χ1n) is 6.08. The average molecular weight is 315 g/mol. The predicted octanol–water partition coefficient (Wildman–Crippen LogP) is 2.37. The Hall–Kier alpha value is -0.940. The van der Waals surface area contributed by atoms with Crippen molar-refractivity contribution in [2.75, 3.05) is 13.2 Å². The summed E-state index contributed by atoms with van der Waals surface area (Å²) in [7, 11) is 0. The van der Waals surface area contributed by atoms with Gasteiger partial charge in [-0.3, -0.25) is 4.79 Å². The van der Waals surface area contributed by atoms with E-state index in [9.17, 15) is 9.90 Å². The number of nitrogens with one attached hydrogen (secondary N) is 1. The van der Waals surface area contributed by atoms with Crippen molar-refractivity contribution in [1.29, 1.82) is 0 Å². The van der Waals surface area contributed by atoms with Gasteiger partial charge in [0.1, 0.15) is 4.60 Å². The molecule has 0 fully saturated rings. The Morgan fingerprint density at radius 1 is 1.50 bits per heavy atom. The van der Waals surface area contributed by atoms with Crippen LogP contribution in [0.5, 0.6) is 0 Å². The lowest BCUT2D eigenvalue weighted by Gasteiger charge is -2.29. The van der Waals surface area contributed by atoms with E-state index in [1.165, 1.54) is 0 Å². The number of carbonyl (C=O) groups excluding carboxylic acids is 1. The van der Waals surface area contributed by atoms with E-state index in [0.717, 1.165) is 12.8 Å². The molecule has 0 aromatic carbocycles. The molecule has 1 aromatic heterocycles. The van der Waals surface area contributed by atoms with Crippen molar-refractivity contribution in [3.8, 4) is 0 Å². The Balaban J connectivity index is 2.69. The molecule has 0 saturated heterocycles. The van der Waals surface area contributed by atoms with Crippen LogP contribution in [-0.4, -0.2) is 29.1 Å². The molecule has 4 nitrogen and oxygen atoms in total. The van der Waals surface area contributed by atoms with E-state index in [1.807, 2.05) is 13.8 Å². The monoisotopic (exact) mass is 314 g/mol. The van der Waals surface area contributed by atoms with Crippen LogP contribution in [-0.2, 0) is 0 Å². The first-order chi connectivity index (χ1) is 8.58. The van der Waals surface area contributed by atoms with E-state index in [0.29, 0.717) is 16.7 Å². The van der Waals surface area contributed by atoms with Crippen LogP contribution in [0.1, 0.15) is 37.0 Å². The van der Waals surface area contributed by atoms with E-state index >= 15 is 0 Å². The SMILES string of the molecule is CCC(CC)(CO)CNC(=O)c1cccnc1Br. The number of nitrogens with zero attached hydrogens (tertiary/aromatic N) is 1. The summed E-state index contributed by atoms with van der Waals surface area (Å²) < 4.78 is 0.532. The van der Waals surface area contributed by atoms with Gasteiger partial charge in [-0.1, -0.05) is 13.8 Å². The standard InChI is InChI=1S/C13H19BrN2O2/c1-3-13(4-2,9-17)8-16-12(18)10-6-5-7-15-11(10)14/h5-7,17H,3-4,8-9H2,1-2H3,(H,16,18). The number of carbonyl (C=O) groups is 1. The van der Waals surface area contributed by atoms with Crippen LogP contribution in [0, 0.1) is 5.41 Å². The second-order valence-electron chi connectivity index (χ2n) is 4.39. The molecule has 0 unspecified atom stereocenters. The summed E-state index contributed by atoms with van der Waals surface area (Å²) in [5.41, 5.74) is 0.279. The lowest BCUT2D eigenvalue weighted by Crippen LogP contribution is -2.39. The van der Waals surface area contributed by atoms with E-state index in [1.54, 1.807) is 18.3 Å². The molecule has 1 amide bonds. The molecule has 0 bridgehead atoms. The van der Waals surface area contributed by atoms with E-state index in [-0.39, 0.29) is 17.9 Å². The normalized spacial score (nSPS) is 11.3. The number of aliphatic hydroxyl groups excluding tert-OH is 1. The van der Waals surface area contributed by atoms with Crippen LogP contribution in [0.2, 0.25) is 0 Å². The van der Waals surface area contributed by atoms with Gasteiger partial charge in [0.2, 0.25) is 0 Å². The predicted molar refractivity (Wildman–Crippen MR) is 74.4 cm³/mol. The zero-order valence-corrected chi connectivity index (χ0v) is 12.3. The smallest absolute Gasteiger partial charge is 0.254 e. The third-order valence-electron chi connectivity index (χ3n) is 3.46. The maximum Gasteiger partial charge on any atom is 0.254 e. The second kappa shape index (κ2) is 6.85. The second-order valence-corrected chi connectivity index (χ2v) is 5.14. The van der Waals surface area contributed by atoms with Gasteiger partial charge in [-0.15, -0.1) is 0 Å². The van der Waals surface area contributed by atoms with Crippen LogP contribution in [0.25, 0.3) is 0 Å². The number of aromatic nitrogens is 1. The van der Waals surface area contributed by atoms with Gasteiger partial charge >= 0.3 is 0 Å². The molecule has 0 spiro atoms. The molecular formula is C13H19BrN2O2. The molecule has 0 radical (unpaired) electrons. The minimum Gasteiger partial charge on any atom is -0.396 e. The first-order valence-corrected chi connectivity index (χ1v) is 6.87. The molecule has 0 aliphatic rings. The molecule has 0 atom stereocenters. The summed E-state index contributed by atoms with van der Waals surface area (Å²) in [4.78, 5) is 16.0. The van der Waals surface area contributed by atoms with Gasteiger partial charge in [-0.25, -0.2) is 4.98 Å². The molecule has 100 valence electrons. The molecule has 0 aliphatic heterocycles. The van der Waals surface area contributed by atoms with Crippen molar-refractivity contribution in [3.05, 3.63) is 28.5 Å². The summed E-state index contributed by atoms with van der Waals surface area (Å²) >= 11 is 3.25. The number of aliphatic hydroxyl groups is 1. The third-order valence-corrected chi connectivity index (χ3v) is 4.09. The largest absolute Gasteiger partial charge is 0.396 e. The van der Waals surface area contributed by atoms with E-state index in [4.69, 9.17) is 0 Å². The van der Waals surface area contributed by atoms with E-state index in [2.05, 4.69) is 26.2 Å². The Morgan fingerprint density at radius 2 is 2.17 bits per heavy atom. The van der Waals surface area contributed by atoms with Crippen LogP contribution in [0.3, 0.4) is 0 Å². The van der Waals surface area contributed by atoms with Crippen LogP contribution >= 0.6 is 15.9 Å². The number of pyridine rings is 1. The van der Waals surface area contributed by atoms with E-state index < -0.39 is 0 Å². The van der Waals surface area contributed by atoms with Crippen LogP contribution in [0.15, 0.2) is 22.9 Å². The number of amides is 1. The van der Waals surface area contributed by atoms with Gasteiger partial charge in [0.15, 0.2) is 0 Å². The first kappa shape index (κ1) is 15.1.